The number of hydrogen-bond donors (Lipinski definition) is 1. The minimum absolute atomic E-state index is 0.412. The minimum Gasteiger partial charge on any atom is -0.388 e. The summed E-state index contributed by atoms with van der Waals surface area (Å²) in [5.74, 6) is 0. The van der Waals surface area contributed by atoms with Gasteiger partial charge in [-0.1, -0.05) is 18.2 Å². The Morgan fingerprint density at radius 3 is 3.00 bits per heavy atom. The van der Waals surface area contributed by atoms with Crippen LogP contribution in [0.1, 0.15) is 18.1 Å². The Balaban J connectivity index is 2.81. The molecule has 70 valence electrons. The lowest BCUT2D eigenvalue weighted by molar-refractivity contribution is 0.181. The Labute approximate surface area is 83.5 Å². The fourth-order valence-electron chi connectivity index (χ4n) is 1.14. The van der Waals surface area contributed by atoms with E-state index in [-0.39, 0.29) is 0 Å². The molecule has 1 atom stereocenters. The van der Waals surface area contributed by atoms with Gasteiger partial charge in [-0.3, -0.25) is 0 Å². The molecular formula is C11H14OS. The molecule has 1 aromatic rings. The van der Waals surface area contributed by atoms with Gasteiger partial charge in [-0.25, -0.2) is 0 Å². The second-order valence-electron chi connectivity index (χ2n) is 2.82. The Kier molecular flexibility index (Phi) is 4.06. The molecular weight excluding hydrogens is 180 g/mol. The van der Waals surface area contributed by atoms with Crippen molar-refractivity contribution in [3.63, 3.8) is 0 Å². The third-order valence-electron chi connectivity index (χ3n) is 1.87. The highest BCUT2D eigenvalue weighted by molar-refractivity contribution is 7.98. The van der Waals surface area contributed by atoms with Gasteiger partial charge in [0, 0.05) is 4.90 Å². The van der Waals surface area contributed by atoms with Crippen LogP contribution in [0.2, 0.25) is 0 Å². The topological polar surface area (TPSA) is 20.2 Å². The second kappa shape index (κ2) is 5.10. The van der Waals surface area contributed by atoms with Crippen LogP contribution < -0.4 is 0 Å². The molecule has 0 aliphatic carbocycles. The predicted octanol–water partition coefficient (Wildman–Crippen LogP) is 3.02. The fourth-order valence-corrected chi connectivity index (χ4v) is 1.61. The molecule has 1 nitrogen and oxygen atoms in total. The first-order chi connectivity index (χ1) is 6.27. The van der Waals surface area contributed by atoms with Crippen molar-refractivity contribution in [1.29, 1.82) is 0 Å². The molecule has 0 fully saturated rings. The SMILES string of the molecule is C=CC[C@@H](O)c1cccc(SC)c1. The second-order valence-corrected chi connectivity index (χ2v) is 3.70. The van der Waals surface area contributed by atoms with Crippen molar-refractivity contribution in [3.8, 4) is 0 Å². The van der Waals surface area contributed by atoms with Crippen LogP contribution in [-0.4, -0.2) is 11.4 Å². The molecule has 0 bridgehead atoms. The van der Waals surface area contributed by atoms with Crippen molar-refractivity contribution in [2.75, 3.05) is 6.26 Å². The molecule has 0 aliphatic rings. The van der Waals surface area contributed by atoms with E-state index in [1.54, 1.807) is 17.8 Å². The number of aliphatic hydroxyl groups is 1. The number of thioether (sulfide) groups is 1. The number of rotatable bonds is 4. The Morgan fingerprint density at radius 2 is 2.38 bits per heavy atom. The molecule has 0 aromatic heterocycles. The number of benzene rings is 1. The van der Waals surface area contributed by atoms with E-state index in [9.17, 15) is 5.11 Å². The summed E-state index contributed by atoms with van der Waals surface area (Å²) in [6.07, 6.45) is 3.96. The molecule has 0 radical (unpaired) electrons. The first-order valence-corrected chi connectivity index (χ1v) is 5.43. The Hall–Kier alpha value is -0.730. The van der Waals surface area contributed by atoms with E-state index in [0.717, 1.165) is 5.56 Å². The average Bonchev–Trinajstić information content (AvgIpc) is 2.18. The van der Waals surface area contributed by atoms with Crippen molar-refractivity contribution >= 4 is 11.8 Å². The molecule has 0 spiro atoms. The predicted molar refractivity (Wildman–Crippen MR) is 58.0 cm³/mol. The van der Waals surface area contributed by atoms with Crippen molar-refractivity contribution < 1.29 is 5.11 Å². The Bertz CT molecular complexity index is 283. The van der Waals surface area contributed by atoms with Gasteiger partial charge in [-0.05, 0) is 30.4 Å². The summed E-state index contributed by atoms with van der Waals surface area (Å²) in [4.78, 5) is 1.18. The minimum atomic E-state index is -0.412. The van der Waals surface area contributed by atoms with Gasteiger partial charge in [0.15, 0.2) is 0 Å². The molecule has 1 aromatic carbocycles. The van der Waals surface area contributed by atoms with Gasteiger partial charge in [-0.2, -0.15) is 0 Å². The first-order valence-electron chi connectivity index (χ1n) is 4.21. The van der Waals surface area contributed by atoms with E-state index in [1.807, 2.05) is 30.5 Å². The standard InChI is InChI=1S/C11H14OS/c1-3-5-11(12)9-6-4-7-10(8-9)13-2/h3-4,6-8,11-12H,1,5H2,2H3/t11-/m1/s1. The van der Waals surface area contributed by atoms with Crippen LogP contribution in [0.4, 0.5) is 0 Å². The molecule has 13 heavy (non-hydrogen) atoms. The van der Waals surface area contributed by atoms with Gasteiger partial charge in [0.25, 0.3) is 0 Å². The lowest BCUT2D eigenvalue weighted by Crippen LogP contribution is -1.94. The summed E-state index contributed by atoms with van der Waals surface area (Å²) in [7, 11) is 0. The zero-order chi connectivity index (χ0) is 9.68. The van der Waals surface area contributed by atoms with E-state index in [0.29, 0.717) is 6.42 Å². The monoisotopic (exact) mass is 194 g/mol. The summed E-state index contributed by atoms with van der Waals surface area (Å²) >= 11 is 1.68. The maximum Gasteiger partial charge on any atom is 0.0824 e. The van der Waals surface area contributed by atoms with E-state index >= 15 is 0 Å². The van der Waals surface area contributed by atoms with Crippen LogP contribution in [0.5, 0.6) is 0 Å². The van der Waals surface area contributed by atoms with Crippen molar-refractivity contribution in [3.05, 3.63) is 42.5 Å². The highest BCUT2D eigenvalue weighted by atomic mass is 32.2. The molecule has 0 heterocycles. The molecule has 0 unspecified atom stereocenters. The van der Waals surface area contributed by atoms with Gasteiger partial charge >= 0.3 is 0 Å². The highest BCUT2D eigenvalue weighted by Crippen LogP contribution is 2.22. The summed E-state index contributed by atoms with van der Waals surface area (Å²) in [5, 5.41) is 9.66. The van der Waals surface area contributed by atoms with Crippen molar-refractivity contribution in [2.24, 2.45) is 0 Å². The van der Waals surface area contributed by atoms with E-state index < -0.39 is 6.10 Å². The van der Waals surface area contributed by atoms with E-state index in [4.69, 9.17) is 0 Å². The van der Waals surface area contributed by atoms with Gasteiger partial charge < -0.3 is 5.11 Å². The number of aliphatic hydroxyl groups excluding tert-OH is 1. The van der Waals surface area contributed by atoms with Crippen LogP contribution in [0.25, 0.3) is 0 Å². The van der Waals surface area contributed by atoms with Gasteiger partial charge in [0.1, 0.15) is 0 Å². The van der Waals surface area contributed by atoms with E-state index in [2.05, 4.69) is 6.58 Å². The average molecular weight is 194 g/mol. The molecule has 0 amide bonds. The fraction of sp³-hybridized carbons (Fsp3) is 0.273. The maximum absolute atomic E-state index is 9.66. The lowest BCUT2D eigenvalue weighted by Gasteiger charge is -2.08. The maximum atomic E-state index is 9.66. The van der Waals surface area contributed by atoms with Gasteiger partial charge in [0.2, 0.25) is 0 Å². The molecule has 2 heteroatoms. The van der Waals surface area contributed by atoms with Crippen LogP contribution in [0.3, 0.4) is 0 Å². The van der Waals surface area contributed by atoms with E-state index in [1.165, 1.54) is 4.90 Å². The Morgan fingerprint density at radius 1 is 1.62 bits per heavy atom. The third-order valence-corrected chi connectivity index (χ3v) is 2.59. The molecule has 0 saturated carbocycles. The molecule has 1 rings (SSSR count). The summed E-state index contributed by atoms with van der Waals surface area (Å²) < 4.78 is 0. The van der Waals surface area contributed by atoms with Crippen LogP contribution >= 0.6 is 11.8 Å². The summed E-state index contributed by atoms with van der Waals surface area (Å²) in [5.41, 5.74) is 0.965. The molecule has 0 saturated heterocycles. The van der Waals surface area contributed by atoms with Crippen LogP contribution in [-0.2, 0) is 0 Å². The molecule has 0 aliphatic heterocycles. The zero-order valence-electron chi connectivity index (χ0n) is 7.73. The van der Waals surface area contributed by atoms with Crippen LogP contribution in [0.15, 0.2) is 41.8 Å². The third kappa shape index (κ3) is 2.90. The normalized spacial score (nSPS) is 12.5. The molecule has 1 N–H and O–H groups in total. The van der Waals surface area contributed by atoms with Gasteiger partial charge in [-0.15, -0.1) is 18.3 Å². The van der Waals surface area contributed by atoms with Crippen LogP contribution in [0, 0.1) is 0 Å². The quantitative estimate of drug-likeness (QED) is 0.587. The smallest absolute Gasteiger partial charge is 0.0824 e. The highest BCUT2D eigenvalue weighted by Gasteiger charge is 2.04. The lowest BCUT2D eigenvalue weighted by atomic mass is 10.1. The summed E-state index contributed by atoms with van der Waals surface area (Å²) in [6, 6.07) is 7.95. The number of hydrogen-bond acceptors (Lipinski definition) is 2. The zero-order valence-corrected chi connectivity index (χ0v) is 8.55. The van der Waals surface area contributed by atoms with Gasteiger partial charge in [0.05, 0.1) is 6.10 Å². The van der Waals surface area contributed by atoms with Crippen molar-refractivity contribution in [1.82, 2.24) is 0 Å². The summed E-state index contributed by atoms with van der Waals surface area (Å²) in [6.45, 7) is 3.60. The van der Waals surface area contributed by atoms with Crippen molar-refractivity contribution in [2.45, 2.75) is 17.4 Å². The largest absolute Gasteiger partial charge is 0.388 e. The first kappa shape index (κ1) is 10.4.